The fraction of sp³-hybridized carbons (Fsp3) is 0.333. The van der Waals surface area contributed by atoms with Gasteiger partial charge in [-0.2, -0.15) is 15.4 Å². The van der Waals surface area contributed by atoms with Crippen LogP contribution in [0.3, 0.4) is 0 Å². The van der Waals surface area contributed by atoms with Gasteiger partial charge in [-0.25, -0.2) is 4.39 Å². The third-order valence-corrected chi connectivity index (χ3v) is 2.97. The van der Waals surface area contributed by atoms with Crippen LogP contribution >= 0.6 is 11.6 Å². The van der Waals surface area contributed by atoms with Crippen molar-refractivity contribution >= 4 is 11.6 Å². The van der Waals surface area contributed by atoms with Gasteiger partial charge in [-0.1, -0.05) is 24.6 Å². The van der Waals surface area contributed by atoms with E-state index in [9.17, 15) is 4.39 Å². The van der Waals surface area contributed by atoms with Gasteiger partial charge in [0.25, 0.3) is 0 Å². The lowest BCUT2D eigenvalue weighted by Crippen LogP contribution is -2.23. The number of H-pyrrole nitrogens is 1. The lowest BCUT2D eigenvalue weighted by atomic mass is 10.0. The van der Waals surface area contributed by atoms with Gasteiger partial charge >= 0.3 is 0 Å². The Morgan fingerprint density at radius 1 is 1.50 bits per heavy atom. The molecule has 0 saturated carbocycles. The molecule has 1 aromatic heterocycles. The average Bonchev–Trinajstić information content (AvgIpc) is 2.87. The topological polar surface area (TPSA) is 53.6 Å². The third kappa shape index (κ3) is 3.05. The number of nitrogens with one attached hydrogen (secondary N) is 2. The van der Waals surface area contributed by atoms with Crippen molar-refractivity contribution in [2.24, 2.45) is 0 Å². The third-order valence-electron chi connectivity index (χ3n) is 2.67. The van der Waals surface area contributed by atoms with Gasteiger partial charge < -0.3 is 5.32 Å². The summed E-state index contributed by atoms with van der Waals surface area (Å²) in [7, 11) is 0. The highest BCUT2D eigenvalue weighted by Crippen LogP contribution is 2.20. The van der Waals surface area contributed by atoms with Crippen molar-refractivity contribution in [1.82, 2.24) is 20.7 Å². The van der Waals surface area contributed by atoms with E-state index in [4.69, 9.17) is 11.6 Å². The van der Waals surface area contributed by atoms with Crippen LogP contribution in [0.15, 0.2) is 24.4 Å². The van der Waals surface area contributed by atoms with Crippen molar-refractivity contribution in [3.05, 3.63) is 46.5 Å². The molecule has 0 saturated heterocycles. The zero-order valence-electron chi connectivity index (χ0n) is 9.95. The van der Waals surface area contributed by atoms with Crippen LogP contribution in [0.2, 0.25) is 5.02 Å². The molecule has 4 nitrogen and oxygen atoms in total. The number of hydrogen-bond acceptors (Lipinski definition) is 3. The molecule has 0 bridgehead atoms. The van der Waals surface area contributed by atoms with Crippen LogP contribution < -0.4 is 5.32 Å². The van der Waals surface area contributed by atoms with E-state index in [2.05, 4.69) is 20.7 Å². The van der Waals surface area contributed by atoms with Crippen LogP contribution in [-0.4, -0.2) is 22.0 Å². The molecule has 0 aliphatic rings. The first-order valence-electron chi connectivity index (χ1n) is 5.73. The minimum absolute atomic E-state index is 0.00863. The molecule has 1 atom stereocenters. The van der Waals surface area contributed by atoms with E-state index < -0.39 is 5.82 Å². The Bertz CT molecular complexity index is 501. The molecule has 0 aliphatic carbocycles. The van der Waals surface area contributed by atoms with Crippen LogP contribution in [0, 0.1) is 5.82 Å². The summed E-state index contributed by atoms with van der Waals surface area (Å²) in [6, 6.07) is 4.84. The average molecular weight is 269 g/mol. The zero-order chi connectivity index (χ0) is 13.0. The Labute approximate surface area is 110 Å². The maximum Gasteiger partial charge on any atom is 0.142 e. The molecule has 1 heterocycles. The number of aromatic amines is 1. The van der Waals surface area contributed by atoms with Gasteiger partial charge in [0.05, 0.1) is 23.0 Å². The second kappa shape index (κ2) is 5.93. The van der Waals surface area contributed by atoms with Gasteiger partial charge in [0.2, 0.25) is 0 Å². The van der Waals surface area contributed by atoms with E-state index in [1.165, 1.54) is 6.07 Å². The van der Waals surface area contributed by atoms with E-state index in [0.29, 0.717) is 6.42 Å². The number of aromatic nitrogens is 3. The number of halogens is 2. The standard InChI is InChI=1S/C12H14ClFN4/c1-2-15-11(12-7-16-18-17-12)6-8-3-4-9(13)10(14)5-8/h3-5,7,11,15H,2,6H2,1H3,(H,16,17,18). The van der Waals surface area contributed by atoms with Crippen LogP contribution in [-0.2, 0) is 6.42 Å². The van der Waals surface area contributed by atoms with E-state index in [0.717, 1.165) is 17.8 Å². The van der Waals surface area contributed by atoms with Crippen molar-refractivity contribution in [1.29, 1.82) is 0 Å². The summed E-state index contributed by atoms with van der Waals surface area (Å²) in [5.74, 6) is -0.399. The molecule has 2 rings (SSSR count). The van der Waals surface area contributed by atoms with Gasteiger partial charge in [-0.3, -0.25) is 0 Å². The zero-order valence-corrected chi connectivity index (χ0v) is 10.7. The molecule has 6 heteroatoms. The minimum atomic E-state index is -0.399. The Hall–Kier alpha value is -1.46. The molecule has 0 aliphatic heterocycles. The molecule has 0 radical (unpaired) electrons. The fourth-order valence-corrected chi connectivity index (χ4v) is 1.93. The maximum absolute atomic E-state index is 13.4. The largest absolute Gasteiger partial charge is 0.309 e. The van der Waals surface area contributed by atoms with Crippen molar-refractivity contribution in [2.45, 2.75) is 19.4 Å². The molecule has 0 fully saturated rings. The van der Waals surface area contributed by atoms with Crippen LogP contribution in [0.25, 0.3) is 0 Å². The Morgan fingerprint density at radius 2 is 2.33 bits per heavy atom. The summed E-state index contributed by atoms with van der Waals surface area (Å²) in [5.41, 5.74) is 1.68. The normalized spacial score (nSPS) is 12.6. The molecule has 18 heavy (non-hydrogen) atoms. The smallest absolute Gasteiger partial charge is 0.142 e. The molecule has 0 amide bonds. The lowest BCUT2D eigenvalue weighted by Gasteiger charge is -2.15. The van der Waals surface area contributed by atoms with Gasteiger partial charge in [-0.15, -0.1) is 0 Å². The van der Waals surface area contributed by atoms with Crippen LogP contribution in [0.4, 0.5) is 4.39 Å². The molecule has 96 valence electrons. The molecule has 0 spiro atoms. The van der Waals surface area contributed by atoms with Crippen molar-refractivity contribution in [3.63, 3.8) is 0 Å². The molecule has 1 aromatic carbocycles. The van der Waals surface area contributed by atoms with Gasteiger partial charge in [0.1, 0.15) is 5.82 Å². The minimum Gasteiger partial charge on any atom is -0.309 e. The molecule has 2 aromatic rings. The summed E-state index contributed by atoms with van der Waals surface area (Å²) in [5, 5.41) is 13.8. The number of hydrogen-bond donors (Lipinski definition) is 2. The maximum atomic E-state index is 13.4. The highest BCUT2D eigenvalue weighted by Gasteiger charge is 2.14. The van der Waals surface area contributed by atoms with Gasteiger partial charge in [0, 0.05) is 0 Å². The van der Waals surface area contributed by atoms with Crippen LogP contribution in [0.5, 0.6) is 0 Å². The van der Waals surface area contributed by atoms with E-state index in [1.807, 2.05) is 13.0 Å². The first-order valence-corrected chi connectivity index (χ1v) is 6.11. The van der Waals surface area contributed by atoms with E-state index in [1.54, 1.807) is 12.3 Å². The molecule has 2 N–H and O–H groups in total. The molecule has 1 unspecified atom stereocenters. The summed E-state index contributed by atoms with van der Waals surface area (Å²) in [6.07, 6.45) is 2.30. The van der Waals surface area contributed by atoms with Crippen molar-refractivity contribution < 1.29 is 4.39 Å². The first-order chi connectivity index (χ1) is 8.70. The Kier molecular flexibility index (Phi) is 4.28. The summed E-state index contributed by atoms with van der Waals surface area (Å²) >= 11 is 5.66. The highest BCUT2D eigenvalue weighted by atomic mass is 35.5. The predicted molar refractivity (Wildman–Crippen MR) is 67.9 cm³/mol. The SMILES string of the molecule is CCNC(Cc1ccc(Cl)c(F)c1)c1cn[nH]n1. The van der Waals surface area contributed by atoms with Gasteiger partial charge in [-0.05, 0) is 30.7 Å². The Morgan fingerprint density at radius 3 is 2.94 bits per heavy atom. The predicted octanol–water partition coefficient (Wildman–Crippen LogP) is 2.49. The quantitative estimate of drug-likeness (QED) is 0.876. The summed E-state index contributed by atoms with van der Waals surface area (Å²) in [4.78, 5) is 0. The lowest BCUT2D eigenvalue weighted by molar-refractivity contribution is 0.533. The van der Waals surface area contributed by atoms with Crippen molar-refractivity contribution in [3.8, 4) is 0 Å². The number of rotatable bonds is 5. The van der Waals surface area contributed by atoms with Crippen LogP contribution in [0.1, 0.15) is 24.2 Å². The second-order valence-electron chi connectivity index (χ2n) is 3.96. The number of benzene rings is 1. The second-order valence-corrected chi connectivity index (χ2v) is 4.36. The highest BCUT2D eigenvalue weighted by molar-refractivity contribution is 6.30. The summed E-state index contributed by atoms with van der Waals surface area (Å²) in [6.45, 7) is 2.81. The fourth-order valence-electron chi connectivity index (χ4n) is 1.81. The monoisotopic (exact) mass is 268 g/mol. The first kappa shape index (κ1) is 13.0. The van der Waals surface area contributed by atoms with E-state index >= 15 is 0 Å². The van der Waals surface area contributed by atoms with Crippen molar-refractivity contribution in [2.75, 3.05) is 6.54 Å². The molecular formula is C12H14ClFN4. The number of likely N-dealkylation sites (N-methyl/N-ethyl adjacent to an activating group) is 1. The van der Waals surface area contributed by atoms with E-state index in [-0.39, 0.29) is 11.1 Å². The van der Waals surface area contributed by atoms with Gasteiger partial charge in [0.15, 0.2) is 0 Å². The molecular weight excluding hydrogens is 255 g/mol. The summed E-state index contributed by atoms with van der Waals surface area (Å²) < 4.78 is 13.4. The Balaban J connectivity index is 2.16. The number of nitrogens with zero attached hydrogens (tertiary/aromatic N) is 2.